The number of carbonyl (C=O) groups is 2. The van der Waals surface area contributed by atoms with E-state index in [1.807, 2.05) is 24.3 Å². The molecule has 0 saturated heterocycles. The quantitative estimate of drug-likeness (QED) is 0.772. The van der Waals surface area contributed by atoms with Crippen LogP contribution >= 0.6 is 11.6 Å². The standard InChI is InChI=1S/C19H17ClN2O4/c20-14-7-13(15(23)8-16(14)24)19(26)22-9-10-3-1-2-4-12(10)17(22)18(25)21-11-5-6-11/h1-4,7-8,11,17,23-24H,5-6,9H2,(H,21,25). The molecular weight excluding hydrogens is 356 g/mol. The molecule has 1 aliphatic carbocycles. The van der Waals surface area contributed by atoms with Gasteiger partial charge in [0.15, 0.2) is 0 Å². The lowest BCUT2D eigenvalue weighted by molar-refractivity contribution is -0.125. The Hall–Kier alpha value is -2.73. The fraction of sp³-hybridized carbons (Fsp3) is 0.263. The van der Waals surface area contributed by atoms with Crippen LogP contribution in [0.3, 0.4) is 0 Å². The number of hydrogen-bond donors (Lipinski definition) is 3. The molecule has 26 heavy (non-hydrogen) atoms. The molecule has 1 unspecified atom stereocenters. The first kappa shape index (κ1) is 16.7. The van der Waals surface area contributed by atoms with Crippen LogP contribution in [0.5, 0.6) is 11.5 Å². The molecule has 1 aliphatic heterocycles. The molecule has 2 aliphatic rings. The lowest BCUT2D eigenvalue weighted by Crippen LogP contribution is -2.40. The molecule has 4 rings (SSSR count). The van der Waals surface area contributed by atoms with Gasteiger partial charge in [0.25, 0.3) is 5.91 Å². The van der Waals surface area contributed by atoms with Crippen molar-refractivity contribution in [2.24, 2.45) is 0 Å². The van der Waals surface area contributed by atoms with E-state index in [9.17, 15) is 19.8 Å². The average molecular weight is 373 g/mol. The van der Waals surface area contributed by atoms with E-state index in [2.05, 4.69) is 5.32 Å². The van der Waals surface area contributed by atoms with Gasteiger partial charge in [-0.3, -0.25) is 9.59 Å². The first-order valence-electron chi connectivity index (χ1n) is 8.36. The van der Waals surface area contributed by atoms with Gasteiger partial charge in [0.1, 0.15) is 17.5 Å². The fourth-order valence-electron chi connectivity index (χ4n) is 3.24. The third kappa shape index (κ3) is 2.86. The summed E-state index contributed by atoms with van der Waals surface area (Å²) >= 11 is 5.89. The lowest BCUT2D eigenvalue weighted by Gasteiger charge is -2.25. The van der Waals surface area contributed by atoms with Crippen molar-refractivity contribution in [2.75, 3.05) is 0 Å². The van der Waals surface area contributed by atoms with Gasteiger partial charge in [-0.2, -0.15) is 0 Å². The SMILES string of the molecule is O=C(NC1CC1)C1c2ccccc2CN1C(=O)c1cc(Cl)c(O)cc1O. The maximum absolute atomic E-state index is 13.1. The van der Waals surface area contributed by atoms with E-state index in [1.54, 1.807) is 0 Å². The number of benzene rings is 2. The number of carbonyl (C=O) groups excluding carboxylic acids is 2. The van der Waals surface area contributed by atoms with Crippen molar-refractivity contribution in [1.29, 1.82) is 0 Å². The summed E-state index contributed by atoms with van der Waals surface area (Å²) in [5, 5.41) is 22.6. The van der Waals surface area contributed by atoms with Crippen molar-refractivity contribution in [2.45, 2.75) is 31.5 Å². The first-order chi connectivity index (χ1) is 12.5. The van der Waals surface area contributed by atoms with Crippen LogP contribution < -0.4 is 5.32 Å². The maximum atomic E-state index is 13.1. The van der Waals surface area contributed by atoms with Gasteiger partial charge in [-0.25, -0.2) is 0 Å². The van der Waals surface area contributed by atoms with Crippen molar-refractivity contribution in [3.05, 3.63) is 58.1 Å². The molecule has 1 saturated carbocycles. The zero-order valence-electron chi connectivity index (χ0n) is 13.8. The van der Waals surface area contributed by atoms with Crippen LogP contribution in [0, 0.1) is 0 Å². The van der Waals surface area contributed by atoms with E-state index in [-0.39, 0.29) is 40.6 Å². The third-order valence-corrected chi connectivity index (χ3v) is 5.03. The minimum absolute atomic E-state index is 0.0400. The number of hydrogen-bond acceptors (Lipinski definition) is 4. The molecule has 134 valence electrons. The van der Waals surface area contributed by atoms with Crippen LogP contribution in [0.15, 0.2) is 36.4 Å². The predicted octanol–water partition coefficient (Wildman–Crippen LogP) is 2.73. The molecule has 1 fully saturated rings. The van der Waals surface area contributed by atoms with Crippen molar-refractivity contribution in [3.63, 3.8) is 0 Å². The van der Waals surface area contributed by atoms with E-state index >= 15 is 0 Å². The highest BCUT2D eigenvalue weighted by molar-refractivity contribution is 6.32. The Kier molecular flexibility index (Phi) is 4.00. The highest BCUT2D eigenvalue weighted by Crippen LogP contribution is 2.38. The average Bonchev–Trinajstić information content (AvgIpc) is 3.33. The number of phenols is 2. The van der Waals surface area contributed by atoms with Crippen LogP contribution in [-0.2, 0) is 11.3 Å². The zero-order valence-corrected chi connectivity index (χ0v) is 14.5. The topological polar surface area (TPSA) is 89.9 Å². The van der Waals surface area contributed by atoms with Gasteiger partial charge in [-0.1, -0.05) is 35.9 Å². The van der Waals surface area contributed by atoms with Crippen LogP contribution in [-0.4, -0.2) is 33.0 Å². The third-order valence-electron chi connectivity index (χ3n) is 4.73. The Bertz CT molecular complexity index is 910. The summed E-state index contributed by atoms with van der Waals surface area (Å²) in [5.41, 5.74) is 1.62. The number of nitrogens with one attached hydrogen (secondary N) is 1. The van der Waals surface area contributed by atoms with Crippen LogP contribution in [0.2, 0.25) is 5.02 Å². The minimum atomic E-state index is -0.758. The second kappa shape index (κ2) is 6.21. The Balaban J connectivity index is 1.71. The minimum Gasteiger partial charge on any atom is -0.507 e. The van der Waals surface area contributed by atoms with Gasteiger partial charge >= 0.3 is 0 Å². The smallest absolute Gasteiger partial charge is 0.258 e. The molecule has 1 atom stereocenters. The zero-order chi connectivity index (χ0) is 18.4. The van der Waals surface area contributed by atoms with Crippen molar-refractivity contribution in [1.82, 2.24) is 10.2 Å². The lowest BCUT2D eigenvalue weighted by atomic mass is 10.0. The van der Waals surface area contributed by atoms with E-state index in [1.165, 1.54) is 11.0 Å². The molecule has 1 heterocycles. The van der Waals surface area contributed by atoms with Crippen LogP contribution in [0.25, 0.3) is 0 Å². The molecule has 0 aromatic heterocycles. The number of rotatable bonds is 3. The Morgan fingerprint density at radius 2 is 1.85 bits per heavy atom. The predicted molar refractivity (Wildman–Crippen MR) is 95.0 cm³/mol. The van der Waals surface area contributed by atoms with Gasteiger partial charge in [0.05, 0.1) is 10.6 Å². The number of amides is 2. The monoisotopic (exact) mass is 372 g/mol. The van der Waals surface area contributed by atoms with E-state index in [4.69, 9.17) is 11.6 Å². The molecule has 3 N–H and O–H groups in total. The summed E-state index contributed by atoms with van der Waals surface area (Å²) < 4.78 is 0. The summed E-state index contributed by atoms with van der Waals surface area (Å²) in [7, 11) is 0. The van der Waals surface area contributed by atoms with Gasteiger partial charge in [0.2, 0.25) is 5.91 Å². The molecule has 2 aromatic carbocycles. The molecular formula is C19H17ClN2O4. The number of halogens is 1. The summed E-state index contributed by atoms with van der Waals surface area (Å²) in [6, 6.07) is 9.06. The Morgan fingerprint density at radius 3 is 2.58 bits per heavy atom. The molecule has 0 radical (unpaired) electrons. The summed E-state index contributed by atoms with van der Waals surface area (Å²) in [6.45, 7) is 0.260. The van der Waals surface area contributed by atoms with Crippen LogP contribution in [0.1, 0.15) is 40.4 Å². The van der Waals surface area contributed by atoms with Crippen molar-refractivity contribution in [3.8, 4) is 11.5 Å². The number of phenolic OH excluding ortho intramolecular Hbond substituents is 2. The second-order valence-corrected chi connectivity index (χ2v) is 7.05. The fourth-order valence-corrected chi connectivity index (χ4v) is 3.41. The number of aromatic hydroxyl groups is 2. The largest absolute Gasteiger partial charge is 0.507 e. The van der Waals surface area contributed by atoms with Gasteiger partial charge < -0.3 is 20.4 Å². The number of nitrogens with zero attached hydrogens (tertiary/aromatic N) is 1. The highest BCUT2D eigenvalue weighted by Gasteiger charge is 2.40. The molecule has 0 bridgehead atoms. The van der Waals surface area contributed by atoms with Crippen molar-refractivity contribution < 1.29 is 19.8 Å². The van der Waals surface area contributed by atoms with Gasteiger partial charge in [0, 0.05) is 18.7 Å². The van der Waals surface area contributed by atoms with E-state index < -0.39 is 11.9 Å². The molecule has 0 spiro atoms. The Morgan fingerprint density at radius 1 is 1.12 bits per heavy atom. The maximum Gasteiger partial charge on any atom is 0.258 e. The van der Waals surface area contributed by atoms with Crippen molar-refractivity contribution >= 4 is 23.4 Å². The molecule has 6 nitrogen and oxygen atoms in total. The molecule has 7 heteroatoms. The summed E-state index contributed by atoms with van der Waals surface area (Å²) in [4.78, 5) is 27.3. The number of fused-ring (bicyclic) bond motifs is 1. The first-order valence-corrected chi connectivity index (χ1v) is 8.74. The molecule has 2 aromatic rings. The van der Waals surface area contributed by atoms with E-state index in [0.717, 1.165) is 30.0 Å². The highest BCUT2D eigenvalue weighted by atomic mass is 35.5. The van der Waals surface area contributed by atoms with Gasteiger partial charge in [-0.15, -0.1) is 0 Å². The van der Waals surface area contributed by atoms with Crippen LogP contribution in [0.4, 0.5) is 0 Å². The summed E-state index contributed by atoms with van der Waals surface area (Å²) in [6.07, 6.45) is 1.89. The summed E-state index contributed by atoms with van der Waals surface area (Å²) in [5.74, 6) is -1.44. The second-order valence-electron chi connectivity index (χ2n) is 6.64. The Labute approximate surface area is 155 Å². The van der Waals surface area contributed by atoms with E-state index in [0.29, 0.717) is 0 Å². The normalized spacial score (nSPS) is 18.5. The van der Waals surface area contributed by atoms with Gasteiger partial charge in [-0.05, 0) is 30.0 Å². The molecule has 2 amide bonds.